The maximum atomic E-state index is 13.3. The minimum Gasteiger partial charge on any atom is -0.377 e. The summed E-state index contributed by atoms with van der Waals surface area (Å²) < 4.78 is 13.3. The lowest BCUT2D eigenvalue weighted by atomic mass is 10.3. The van der Waals surface area contributed by atoms with Gasteiger partial charge in [0.05, 0.1) is 17.9 Å². The number of hydrogen-bond donors (Lipinski definition) is 1. The number of nitrogens with one attached hydrogen (secondary N) is 1. The van der Waals surface area contributed by atoms with Gasteiger partial charge in [0.2, 0.25) is 0 Å². The number of nitrogens with zero attached hydrogens (tertiary/aromatic N) is 1. The van der Waals surface area contributed by atoms with Crippen LogP contribution in [0.15, 0.2) is 42.6 Å². The molecule has 1 heterocycles. The number of aromatic nitrogens is 1. The molecule has 0 spiro atoms. The fourth-order valence-electron chi connectivity index (χ4n) is 1.32. The SMILES string of the molecule is Fc1ccc(Cl)cc1NCc1ccccn1. The molecule has 0 unspecified atom stereocenters. The molecule has 82 valence electrons. The predicted octanol–water partition coefficient (Wildman–Crippen LogP) is 3.49. The molecule has 0 atom stereocenters. The van der Waals surface area contributed by atoms with Gasteiger partial charge in [0.25, 0.3) is 0 Å². The number of rotatable bonds is 3. The van der Waals surface area contributed by atoms with E-state index in [4.69, 9.17) is 11.6 Å². The zero-order valence-electron chi connectivity index (χ0n) is 8.45. The van der Waals surface area contributed by atoms with Crippen LogP contribution in [0.3, 0.4) is 0 Å². The number of hydrogen-bond acceptors (Lipinski definition) is 2. The maximum Gasteiger partial charge on any atom is 0.146 e. The van der Waals surface area contributed by atoms with Gasteiger partial charge in [-0.3, -0.25) is 4.98 Å². The van der Waals surface area contributed by atoms with E-state index in [1.807, 2.05) is 18.2 Å². The van der Waals surface area contributed by atoms with Crippen LogP contribution in [-0.4, -0.2) is 4.98 Å². The third-order valence-electron chi connectivity index (χ3n) is 2.11. The van der Waals surface area contributed by atoms with E-state index in [-0.39, 0.29) is 5.82 Å². The lowest BCUT2D eigenvalue weighted by Gasteiger charge is -2.07. The Bertz CT molecular complexity index is 474. The van der Waals surface area contributed by atoms with Crippen molar-refractivity contribution in [1.29, 1.82) is 0 Å². The molecular weight excluding hydrogens is 227 g/mol. The second kappa shape index (κ2) is 4.94. The standard InChI is InChI=1S/C12H10ClFN2/c13-9-4-5-11(14)12(7-9)16-8-10-3-1-2-6-15-10/h1-7,16H,8H2. The molecule has 0 aliphatic rings. The van der Waals surface area contributed by atoms with Crippen molar-refractivity contribution in [1.82, 2.24) is 4.98 Å². The van der Waals surface area contributed by atoms with Crippen molar-refractivity contribution >= 4 is 17.3 Å². The highest BCUT2D eigenvalue weighted by Crippen LogP contribution is 2.19. The fraction of sp³-hybridized carbons (Fsp3) is 0.0833. The van der Waals surface area contributed by atoms with Crippen molar-refractivity contribution in [2.45, 2.75) is 6.54 Å². The molecule has 0 saturated carbocycles. The van der Waals surface area contributed by atoms with Crippen LogP contribution in [0.4, 0.5) is 10.1 Å². The van der Waals surface area contributed by atoms with E-state index >= 15 is 0 Å². The average molecular weight is 237 g/mol. The summed E-state index contributed by atoms with van der Waals surface area (Å²) in [5, 5.41) is 3.45. The van der Waals surface area contributed by atoms with E-state index in [1.54, 1.807) is 12.3 Å². The predicted molar refractivity (Wildman–Crippen MR) is 63.0 cm³/mol. The summed E-state index contributed by atoms with van der Waals surface area (Å²) in [6.07, 6.45) is 1.70. The van der Waals surface area contributed by atoms with E-state index in [9.17, 15) is 4.39 Å². The Balaban J connectivity index is 2.08. The normalized spacial score (nSPS) is 10.1. The molecule has 1 aromatic heterocycles. The molecule has 2 aromatic rings. The number of halogens is 2. The first-order chi connectivity index (χ1) is 7.75. The number of benzene rings is 1. The van der Waals surface area contributed by atoms with Crippen LogP contribution >= 0.6 is 11.6 Å². The summed E-state index contributed by atoms with van der Waals surface area (Å²) >= 11 is 5.78. The van der Waals surface area contributed by atoms with E-state index in [0.717, 1.165) is 5.69 Å². The Morgan fingerprint density at radius 2 is 2.12 bits per heavy atom. The van der Waals surface area contributed by atoms with Crippen LogP contribution < -0.4 is 5.32 Å². The Kier molecular flexibility index (Phi) is 3.37. The second-order valence-corrected chi connectivity index (χ2v) is 3.74. The molecule has 2 nitrogen and oxygen atoms in total. The van der Waals surface area contributed by atoms with Gasteiger partial charge in [-0.1, -0.05) is 17.7 Å². The van der Waals surface area contributed by atoms with E-state index in [2.05, 4.69) is 10.3 Å². The fourth-order valence-corrected chi connectivity index (χ4v) is 1.49. The lowest BCUT2D eigenvalue weighted by Crippen LogP contribution is -2.02. The summed E-state index contributed by atoms with van der Waals surface area (Å²) in [4.78, 5) is 4.13. The van der Waals surface area contributed by atoms with Crippen LogP contribution in [0.5, 0.6) is 0 Å². The number of anilines is 1. The summed E-state index contributed by atoms with van der Waals surface area (Å²) in [6, 6.07) is 10.0. The summed E-state index contributed by atoms with van der Waals surface area (Å²) in [7, 11) is 0. The van der Waals surface area contributed by atoms with Crippen LogP contribution in [0.1, 0.15) is 5.69 Å². The van der Waals surface area contributed by atoms with Gasteiger partial charge < -0.3 is 5.32 Å². The summed E-state index contributed by atoms with van der Waals surface area (Å²) in [5.74, 6) is -0.319. The monoisotopic (exact) mass is 236 g/mol. The molecule has 16 heavy (non-hydrogen) atoms. The van der Waals surface area contributed by atoms with Crippen LogP contribution in [0.2, 0.25) is 5.02 Å². The molecule has 1 N–H and O–H groups in total. The zero-order chi connectivity index (χ0) is 11.4. The third kappa shape index (κ3) is 2.70. The molecule has 0 aliphatic carbocycles. The largest absolute Gasteiger partial charge is 0.377 e. The summed E-state index contributed by atoms with van der Waals surface area (Å²) in [5.41, 5.74) is 1.24. The molecule has 0 fully saturated rings. The minimum absolute atomic E-state index is 0.319. The highest BCUT2D eigenvalue weighted by molar-refractivity contribution is 6.30. The quantitative estimate of drug-likeness (QED) is 0.883. The van der Waals surface area contributed by atoms with Crippen molar-refractivity contribution in [2.75, 3.05) is 5.32 Å². The molecule has 1 aromatic carbocycles. The molecule has 0 radical (unpaired) electrons. The topological polar surface area (TPSA) is 24.9 Å². The maximum absolute atomic E-state index is 13.3. The highest BCUT2D eigenvalue weighted by atomic mass is 35.5. The molecule has 0 aliphatic heterocycles. The number of pyridine rings is 1. The smallest absolute Gasteiger partial charge is 0.146 e. The van der Waals surface area contributed by atoms with Crippen molar-refractivity contribution in [3.8, 4) is 0 Å². The molecule has 0 saturated heterocycles. The first-order valence-corrected chi connectivity index (χ1v) is 5.22. The van der Waals surface area contributed by atoms with Gasteiger partial charge in [-0.15, -0.1) is 0 Å². The molecule has 0 bridgehead atoms. The van der Waals surface area contributed by atoms with Gasteiger partial charge in [0.15, 0.2) is 0 Å². The average Bonchev–Trinajstić information content (AvgIpc) is 2.32. The highest BCUT2D eigenvalue weighted by Gasteiger charge is 2.02. The van der Waals surface area contributed by atoms with Crippen molar-refractivity contribution < 1.29 is 4.39 Å². The Morgan fingerprint density at radius 1 is 1.25 bits per heavy atom. The van der Waals surface area contributed by atoms with E-state index in [1.165, 1.54) is 12.1 Å². The third-order valence-corrected chi connectivity index (χ3v) is 2.35. The van der Waals surface area contributed by atoms with E-state index < -0.39 is 0 Å². The molecule has 0 amide bonds. The first kappa shape index (κ1) is 10.9. The lowest BCUT2D eigenvalue weighted by molar-refractivity contribution is 0.630. The first-order valence-electron chi connectivity index (χ1n) is 4.84. The molecule has 4 heteroatoms. The van der Waals surface area contributed by atoms with Gasteiger partial charge in [-0.2, -0.15) is 0 Å². The van der Waals surface area contributed by atoms with E-state index in [0.29, 0.717) is 17.3 Å². The van der Waals surface area contributed by atoms with Crippen LogP contribution in [-0.2, 0) is 6.54 Å². The molecule has 2 rings (SSSR count). The van der Waals surface area contributed by atoms with Crippen molar-refractivity contribution in [3.63, 3.8) is 0 Å². The van der Waals surface area contributed by atoms with Crippen molar-refractivity contribution in [2.24, 2.45) is 0 Å². The van der Waals surface area contributed by atoms with Gasteiger partial charge in [0, 0.05) is 11.2 Å². The van der Waals surface area contributed by atoms with Gasteiger partial charge in [0.1, 0.15) is 5.82 Å². The van der Waals surface area contributed by atoms with Crippen LogP contribution in [0.25, 0.3) is 0 Å². The van der Waals surface area contributed by atoms with Crippen molar-refractivity contribution in [3.05, 3.63) is 59.1 Å². The Labute approximate surface area is 98.1 Å². The zero-order valence-corrected chi connectivity index (χ0v) is 9.21. The Morgan fingerprint density at radius 3 is 2.88 bits per heavy atom. The minimum atomic E-state index is -0.319. The van der Waals surface area contributed by atoms with Gasteiger partial charge >= 0.3 is 0 Å². The second-order valence-electron chi connectivity index (χ2n) is 3.30. The summed E-state index contributed by atoms with van der Waals surface area (Å²) in [6.45, 7) is 0.470. The Hall–Kier alpha value is -1.61. The van der Waals surface area contributed by atoms with Gasteiger partial charge in [-0.05, 0) is 30.3 Å². The molecular formula is C12H10ClFN2. The van der Waals surface area contributed by atoms with Crippen LogP contribution in [0, 0.1) is 5.82 Å². The van der Waals surface area contributed by atoms with Gasteiger partial charge in [-0.25, -0.2) is 4.39 Å².